The van der Waals surface area contributed by atoms with Gasteiger partial charge in [-0.3, -0.25) is 9.78 Å². The van der Waals surface area contributed by atoms with Crippen molar-refractivity contribution in [3.8, 4) is 11.8 Å². The molecule has 3 nitrogen and oxygen atoms in total. The SMILES string of the molecule is N#CCc1ccc2c(c1)C=COO2. The molecule has 13 heavy (non-hydrogen) atoms. The van der Waals surface area contributed by atoms with Gasteiger partial charge in [0.15, 0.2) is 5.75 Å². The first kappa shape index (κ1) is 7.69. The summed E-state index contributed by atoms with van der Waals surface area (Å²) in [6, 6.07) is 7.66. The predicted octanol–water partition coefficient (Wildman–Crippen LogP) is 2.05. The maximum absolute atomic E-state index is 8.50. The zero-order valence-corrected chi connectivity index (χ0v) is 6.86. The molecule has 0 spiro atoms. The minimum absolute atomic E-state index is 0.419. The average molecular weight is 173 g/mol. The summed E-state index contributed by atoms with van der Waals surface area (Å²) in [5.41, 5.74) is 1.93. The monoisotopic (exact) mass is 173 g/mol. The standard InChI is InChI=1S/C10H7NO2/c11-5-3-8-1-2-10-9(7-8)4-6-12-13-10/h1-2,4,6-7H,3H2. The smallest absolute Gasteiger partial charge is 0.185 e. The van der Waals surface area contributed by atoms with Crippen molar-refractivity contribution < 1.29 is 9.78 Å². The molecule has 1 aromatic carbocycles. The van der Waals surface area contributed by atoms with E-state index in [1.165, 1.54) is 6.26 Å². The predicted molar refractivity (Wildman–Crippen MR) is 46.5 cm³/mol. The molecule has 0 N–H and O–H groups in total. The summed E-state index contributed by atoms with van der Waals surface area (Å²) in [5.74, 6) is 0.684. The number of hydrogen-bond donors (Lipinski definition) is 0. The summed E-state index contributed by atoms with van der Waals surface area (Å²) in [6.45, 7) is 0. The summed E-state index contributed by atoms with van der Waals surface area (Å²) in [4.78, 5) is 9.54. The van der Waals surface area contributed by atoms with Crippen LogP contribution in [0, 0.1) is 11.3 Å². The van der Waals surface area contributed by atoms with Crippen molar-refractivity contribution in [3.63, 3.8) is 0 Å². The molecule has 0 aromatic heterocycles. The van der Waals surface area contributed by atoms with Crippen molar-refractivity contribution in [1.82, 2.24) is 0 Å². The second-order valence-corrected chi connectivity index (χ2v) is 2.69. The van der Waals surface area contributed by atoms with Gasteiger partial charge in [0, 0.05) is 5.56 Å². The molecule has 0 unspecified atom stereocenters. The van der Waals surface area contributed by atoms with Crippen LogP contribution in [-0.4, -0.2) is 0 Å². The molecule has 1 aromatic rings. The van der Waals surface area contributed by atoms with Gasteiger partial charge in [-0.05, 0) is 23.8 Å². The third kappa shape index (κ3) is 1.47. The Bertz CT molecular complexity index is 390. The van der Waals surface area contributed by atoms with Crippen molar-refractivity contribution in [2.75, 3.05) is 0 Å². The van der Waals surface area contributed by atoms with Gasteiger partial charge in [0.1, 0.15) is 6.26 Å². The molecule has 0 fully saturated rings. The van der Waals surface area contributed by atoms with Crippen LogP contribution in [0.1, 0.15) is 11.1 Å². The first-order chi connectivity index (χ1) is 6.40. The number of nitriles is 1. The first-order valence-corrected chi connectivity index (χ1v) is 3.90. The summed E-state index contributed by atoms with van der Waals surface area (Å²) in [5, 5.41) is 8.50. The quantitative estimate of drug-likeness (QED) is 0.610. The Hall–Kier alpha value is -1.95. The highest BCUT2D eigenvalue weighted by Gasteiger charge is 2.07. The Labute approximate surface area is 75.7 Å². The molecule has 1 aliphatic heterocycles. The van der Waals surface area contributed by atoms with Crippen LogP contribution in [0.3, 0.4) is 0 Å². The largest absolute Gasteiger partial charge is 0.298 e. The van der Waals surface area contributed by atoms with Crippen LogP contribution in [0.4, 0.5) is 0 Å². The molecule has 0 bridgehead atoms. The van der Waals surface area contributed by atoms with Gasteiger partial charge in [-0.1, -0.05) is 6.07 Å². The molecule has 0 atom stereocenters. The lowest BCUT2D eigenvalue weighted by atomic mass is 10.1. The molecule has 1 aliphatic rings. The number of fused-ring (bicyclic) bond motifs is 1. The van der Waals surface area contributed by atoms with Crippen molar-refractivity contribution >= 4 is 6.08 Å². The van der Waals surface area contributed by atoms with Crippen LogP contribution in [0.2, 0.25) is 0 Å². The third-order valence-corrected chi connectivity index (χ3v) is 1.80. The summed E-state index contributed by atoms with van der Waals surface area (Å²) < 4.78 is 0. The van der Waals surface area contributed by atoms with Gasteiger partial charge in [-0.15, -0.1) is 0 Å². The molecular weight excluding hydrogens is 166 g/mol. The molecule has 0 saturated heterocycles. The van der Waals surface area contributed by atoms with Crippen LogP contribution in [-0.2, 0) is 11.3 Å². The average Bonchev–Trinajstić information content (AvgIpc) is 2.18. The van der Waals surface area contributed by atoms with Gasteiger partial charge in [0.2, 0.25) is 0 Å². The van der Waals surface area contributed by atoms with E-state index in [-0.39, 0.29) is 0 Å². The van der Waals surface area contributed by atoms with Crippen LogP contribution in [0.25, 0.3) is 6.08 Å². The summed E-state index contributed by atoms with van der Waals surface area (Å²) >= 11 is 0. The summed E-state index contributed by atoms with van der Waals surface area (Å²) in [7, 11) is 0. The lowest BCUT2D eigenvalue weighted by Gasteiger charge is -2.10. The second kappa shape index (κ2) is 3.20. The molecule has 64 valence electrons. The van der Waals surface area contributed by atoms with Gasteiger partial charge in [0.05, 0.1) is 12.5 Å². The lowest BCUT2D eigenvalue weighted by Crippen LogP contribution is -1.98. The van der Waals surface area contributed by atoms with E-state index in [1.54, 1.807) is 12.1 Å². The molecular formula is C10H7NO2. The Kier molecular flexibility index (Phi) is 1.89. The van der Waals surface area contributed by atoms with E-state index < -0.39 is 0 Å². The van der Waals surface area contributed by atoms with Crippen molar-refractivity contribution in [2.24, 2.45) is 0 Å². The number of nitrogens with zero attached hydrogens (tertiary/aromatic N) is 1. The number of benzene rings is 1. The Morgan fingerprint density at radius 3 is 3.15 bits per heavy atom. The van der Waals surface area contributed by atoms with Crippen LogP contribution in [0.15, 0.2) is 24.5 Å². The van der Waals surface area contributed by atoms with E-state index in [2.05, 4.69) is 11.0 Å². The van der Waals surface area contributed by atoms with E-state index in [9.17, 15) is 0 Å². The lowest BCUT2D eigenvalue weighted by molar-refractivity contribution is -0.151. The Balaban J connectivity index is 2.38. The van der Waals surface area contributed by atoms with E-state index in [0.717, 1.165) is 11.1 Å². The zero-order valence-electron chi connectivity index (χ0n) is 6.86. The van der Waals surface area contributed by atoms with Gasteiger partial charge in [-0.25, -0.2) is 0 Å². The first-order valence-electron chi connectivity index (χ1n) is 3.90. The highest BCUT2D eigenvalue weighted by molar-refractivity contribution is 5.58. The third-order valence-electron chi connectivity index (χ3n) is 1.80. The number of hydrogen-bond acceptors (Lipinski definition) is 3. The van der Waals surface area contributed by atoms with E-state index in [1.807, 2.05) is 12.1 Å². The van der Waals surface area contributed by atoms with Crippen molar-refractivity contribution in [1.29, 1.82) is 5.26 Å². The Morgan fingerprint density at radius 2 is 2.31 bits per heavy atom. The van der Waals surface area contributed by atoms with Gasteiger partial charge < -0.3 is 0 Å². The fraction of sp³-hybridized carbons (Fsp3) is 0.100. The molecule has 0 radical (unpaired) electrons. The molecule has 0 amide bonds. The summed E-state index contributed by atoms with van der Waals surface area (Å²) in [6.07, 6.45) is 3.69. The van der Waals surface area contributed by atoms with Crippen LogP contribution >= 0.6 is 0 Å². The molecule has 3 heteroatoms. The zero-order chi connectivity index (χ0) is 9.10. The molecule has 0 saturated carbocycles. The minimum atomic E-state index is 0.419. The molecule has 2 rings (SSSR count). The maximum atomic E-state index is 8.50. The van der Waals surface area contributed by atoms with Crippen LogP contribution in [0.5, 0.6) is 5.75 Å². The fourth-order valence-electron chi connectivity index (χ4n) is 1.19. The molecule has 0 aliphatic carbocycles. The topological polar surface area (TPSA) is 42.2 Å². The normalized spacial score (nSPS) is 12.2. The highest BCUT2D eigenvalue weighted by Crippen LogP contribution is 2.25. The number of rotatable bonds is 1. The fourth-order valence-corrected chi connectivity index (χ4v) is 1.19. The van der Waals surface area contributed by atoms with Crippen molar-refractivity contribution in [2.45, 2.75) is 6.42 Å². The van der Waals surface area contributed by atoms with E-state index in [4.69, 9.17) is 10.1 Å². The highest BCUT2D eigenvalue weighted by atomic mass is 17.2. The minimum Gasteiger partial charge on any atom is -0.298 e. The Morgan fingerprint density at radius 1 is 1.38 bits per heavy atom. The maximum Gasteiger partial charge on any atom is 0.185 e. The van der Waals surface area contributed by atoms with E-state index in [0.29, 0.717) is 12.2 Å². The van der Waals surface area contributed by atoms with Gasteiger partial charge in [0.25, 0.3) is 0 Å². The van der Waals surface area contributed by atoms with Gasteiger partial charge >= 0.3 is 0 Å². The second-order valence-electron chi connectivity index (χ2n) is 2.69. The van der Waals surface area contributed by atoms with Crippen LogP contribution < -0.4 is 4.89 Å². The van der Waals surface area contributed by atoms with Gasteiger partial charge in [-0.2, -0.15) is 5.26 Å². The van der Waals surface area contributed by atoms with E-state index >= 15 is 0 Å². The van der Waals surface area contributed by atoms with Crippen molar-refractivity contribution in [3.05, 3.63) is 35.6 Å². The molecule has 1 heterocycles.